The van der Waals surface area contributed by atoms with Crippen LogP contribution in [0.3, 0.4) is 0 Å². The zero-order chi connectivity index (χ0) is 26.7. The Morgan fingerprint density at radius 1 is 0.763 bits per heavy atom. The van der Waals surface area contributed by atoms with Crippen LogP contribution in [-0.4, -0.2) is 56.2 Å². The lowest BCUT2D eigenvalue weighted by Gasteiger charge is -2.38. The van der Waals surface area contributed by atoms with Crippen molar-refractivity contribution < 1.29 is 8.37 Å². The van der Waals surface area contributed by atoms with Crippen LogP contribution in [0.1, 0.15) is 43.4 Å². The molecule has 0 spiro atoms. The standard InChI is InChI=1S/C32H40N2O2S2/c1-25(2)33-20-22-34(23-21-33)29-16-12-27(13-17-29)32(28-14-18-30(19-15-28)36-38-4)31(11-8-24-35-37-3)26-9-6-5-7-10-26/h5-7,9-10,12-19,25H,8,11,20-24H2,1-4H3/b32-31+. The normalized spacial score (nSPS) is 15.0. The van der Waals surface area contributed by atoms with Gasteiger partial charge in [0.25, 0.3) is 0 Å². The summed E-state index contributed by atoms with van der Waals surface area (Å²) < 4.78 is 11.3. The van der Waals surface area contributed by atoms with Gasteiger partial charge >= 0.3 is 0 Å². The number of nitrogens with zero attached hydrogens (tertiary/aromatic N) is 2. The molecule has 1 aliphatic rings. The molecule has 6 heteroatoms. The van der Waals surface area contributed by atoms with E-state index in [-0.39, 0.29) is 0 Å². The van der Waals surface area contributed by atoms with Crippen molar-refractivity contribution in [3.8, 4) is 5.75 Å². The second-order valence-corrected chi connectivity index (χ2v) is 10.8. The highest BCUT2D eigenvalue weighted by atomic mass is 32.2. The van der Waals surface area contributed by atoms with Crippen molar-refractivity contribution in [1.82, 2.24) is 4.90 Å². The molecule has 3 aromatic carbocycles. The van der Waals surface area contributed by atoms with E-state index >= 15 is 0 Å². The van der Waals surface area contributed by atoms with E-state index < -0.39 is 0 Å². The highest BCUT2D eigenvalue weighted by Gasteiger charge is 2.20. The first kappa shape index (κ1) is 28.6. The van der Waals surface area contributed by atoms with Crippen molar-refractivity contribution in [3.63, 3.8) is 0 Å². The first-order valence-electron chi connectivity index (χ1n) is 13.5. The molecule has 4 rings (SSSR count). The van der Waals surface area contributed by atoms with Crippen LogP contribution in [0.4, 0.5) is 5.69 Å². The van der Waals surface area contributed by atoms with E-state index in [1.807, 2.05) is 12.5 Å². The molecule has 1 heterocycles. The molecule has 0 amide bonds. The lowest BCUT2D eigenvalue weighted by molar-refractivity contribution is 0.209. The summed E-state index contributed by atoms with van der Waals surface area (Å²) in [5.74, 6) is 0.867. The Hall–Kier alpha value is -2.38. The third-order valence-corrected chi connectivity index (χ3v) is 7.85. The lowest BCUT2D eigenvalue weighted by Crippen LogP contribution is -2.48. The van der Waals surface area contributed by atoms with Gasteiger partial charge in [0, 0.05) is 50.4 Å². The Kier molecular flexibility index (Phi) is 11.1. The number of benzene rings is 3. The molecule has 0 aliphatic carbocycles. The van der Waals surface area contributed by atoms with Crippen molar-refractivity contribution in [2.75, 3.05) is 50.2 Å². The monoisotopic (exact) mass is 548 g/mol. The van der Waals surface area contributed by atoms with Gasteiger partial charge in [-0.1, -0.05) is 54.6 Å². The van der Waals surface area contributed by atoms with Crippen LogP contribution in [0.25, 0.3) is 11.1 Å². The Bertz CT molecular complexity index is 1140. The number of anilines is 1. The molecule has 0 radical (unpaired) electrons. The summed E-state index contributed by atoms with van der Waals surface area (Å²) in [4.78, 5) is 5.07. The van der Waals surface area contributed by atoms with Crippen LogP contribution in [0.15, 0.2) is 78.9 Å². The molecule has 1 aliphatic heterocycles. The second kappa shape index (κ2) is 14.7. The molecule has 1 saturated heterocycles. The molecule has 38 heavy (non-hydrogen) atoms. The summed E-state index contributed by atoms with van der Waals surface area (Å²) in [5, 5.41) is 0. The van der Waals surface area contributed by atoms with Gasteiger partial charge < -0.3 is 13.3 Å². The van der Waals surface area contributed by atoms with Gasteiger partial charge in [0.2, 0.25) is 0 Å². The summed E-state index contributed by atoms with van der Waals surface area (Å²) >= 11 is 2.80. The summed E-state index contributed by atoms with van der Waals surface area (Å²) in [6, 6.07) is 29.1. The molecule has 0 N–H and O–H groups in total. The van der Waals surface area contributed by atoms with E-state index in [0.717, 1.165) is 51.4 Å². The van der Waals surface area contributed by atoms with Crippen LogP contribution in [-0.2, 0) is 4.18 Å². The molecule has 0 saturated carbocycles. The van der Waals surface area contributed by atoms with Crippen LogP contribution < -0.4 is 9.08 Å². The third-order valence-electron chi connectivity index (χ3n) is 7.08. The number of piperazine rings is 1. The van der Waals surface area contributed by atoms with Gasteiger partial charge in [-0.25, -0.2) is 0 Å². The molecule has 3 aromatic rings. The fourth-order valence-corrected chi connectivity index (χ4v) is 5.66. The molecule has 0 unspecified atom stereocenters. The molecule has 202 valence electrons. The van der Waals surface area contributed by atoms with E-state index in [9.17, 15) is 0 Å². The SMILES string of the molecule is CSOCCC/C(=C(\c1ccc(OSC)cc1)c1ccc(N2CCN(C(C)C)CC2)cc1)c1ccccc1. The largest absolute Gasteiger partial charge is 0.426 e. The maximum absolute atomic E-state index is 5.66. The highest BCUT2D eigenvalue weighted by Crippen LogP contribution is 2.37. The maximum atomic E-state index is 5.66. The lowest BCUT2D eigenvalue weighted by atomic mass is 9.87. The number of rotatable bonds is 12. The van der Waals surface area contributed by atoms with Crippen LogP contribution in [0.2, 0.25) is 0 Å². The van der Waals surface area contributed by atoms with Gasteiger partial charge in [0.05, 0.1) is 18.6 Å². The Morgan fingerprint density at radius 3 is 1.97 bits per heavy atom. The minimum atomic E-state index is 0.609. The zero-order valence-corrected chi connectivity index (χ0v) is 24.7. The smallest absolute Gasteiger partial charge is 0.137 e. The maximum Gasteiger partial charge on any atom is 0.137 e. The predicted molar refractivity (Wildman–Crippen MR) is 167 cm³/mol. The molecule has 1 fully saturated rings. The number of hydrogen-bond acceptors (Lipinski definition) is 6. The molecule has 0 bridgehead atoms. The molecule has 4 nitrogen and oxygen atoms in total. The minimum Gasteiger partial charge on any atom is -0.426 e. The van der Waals surface area contributed by atoms with Crippen LogP contribution >= 0.6 is 24.1 Å². The summed E-state index contributed by atoms with van der Waals surface area (Å²) in [5.41, 5.74) is 7.60. The van der Waals surface area contributed by atoms with Crippen molar-refractivity contribution in [1.29, 1.82) is 0 Å². The van der Waals surface area contributed by atoms with Gasteiger partial charge in [0.15, 0.2) is 0 Å². The molecular formula is C32H40N2O2S2. The van der Waals surface area contributed by atoms with E-state index in [4.69, 9.17) is 8.37 Å². The average molecular weight is 549 g/mol. The van der Waals surface area contributed by atoms with Crippen LogP contribution in [0, 0.1) is 0 Å². The van der Waals surface area contributed by atoms with Gasteiger partial charge in [-0.05, 0) is 90.8 Å². The van der Waals surface area contributed by atoms with E-state index in [1.165, 1.54) is 57.6 Å². The quantitative estimate of drug-likeness (QED) is 0.130. The third kappa shape index (κ3) is 7.60. The second-order valence-electron chi connectivity index (χ2n) is 9.75. The minimum absolute atomic E-state index is 0.609. The van der Waals surface area contributed by atoms with Gasteiger partial charge in [0.1, 0.15) is 5.75 Å². The molecule has 0 atom stereocenters. The summed E-state index contributed by atoms with van der Waals surface area (Å²) in [6.07, 6.45) is 5.80. The number of allylic oxidation sites excluding steroid dienone is 1. The fraction of sp³-hybridized carbons (Fsp3) is 0.375. The Labute approximate surface area is 237 Å². The zero-order valence-electron chi connectivity index (χ0n) is 23.1. The highest BCUT2D eigenvalue weighted by molar-refractivity contribution is 7.94. The van der Waals surface area contributed by atoms with E-state index in [2.05, 4.69) is 103 Å². The average Bonchev–Trinajstić information content (AvgIpc) is 2.96. The first-order chi connectivity index (χ1) is 18.6. The van der Waals surface area contributed by atoms with Crippen molar-refractivity contribution in [2.45, 2.75) is 32.7 Å². The van der Waals surface area contributed by atoms with Gasteiger partial charge in [-0.2, -0.15) is 0 Å². The Morgan fingerprint density at radius 2 is 1.39 bits per heavy atom. The van der Waals surface area contributed by atoms with Crippen LogP contribution in [0.5, 0.6) is 5.75 Å². The number of hydrogen-bond donors (Lipinski definition) is 0. The van der Waals surface area contributed by atoms with E-state index in [1.54, 1.807) is 0 Å². The Balaban J connectivity index is 1.71. The van der Waals surface area contributed by atoms with Gasteiger partial charge in [-0.3, -0.25) is 4.90 Å². The van der Waals surface area contributed by atoms with Crippen molar-refractivity contribution >= 4 is 40.9 Å². The topological polar surface area (TPSA) is 24.9 Å². The van der Waals surface area contributed by atoms with Crippen molar-refractivity contribution in [2.24, 2.45) is 0 Å². The van der Waals surface area contributed by atoms with E-state index in [0.29, 0.717) is 6.04 Å². The fourth-order valence-electron chi connectivity index (χ4n) is 5.07. The summed E-state index contributed by atoms with van der Waals surface area (Å²) in [7, 11) is 0. The molecule has 0 aromatic heterocycles. The molecular weight excluding hydrogens is 508 g/mol. The summed E-state index contributed by atoms with van der Waals surface area (Å²) in [6.45, 7) is 9.68. The van der Waals surface area contributed by atoms with Crippen molar-refractivity contribution in [3.05, 3.63) is 95.6 Å². The van der Waals surface area contributed by atoms with Gasteiger partial charge in [-0.15, -0.1) is 0 Å². The first-order valence-corrected chi connectivity index (χ1v) is 15.8. The predicted octanol–water partition coefficient (Wildman–Crippen LogP) is 7.91.